The lowest BCUT2D eigenvalue weighted by molar-refractivity contribution is -0.136. The fraction of sp³-hybridized carbons (Fsp3) is 0.308. The number of hydrogen-bond donors (Lipinski definition) is 2. The summed E-state index contributed by atoms with van der Waals surface area (Å²) in [6.07, 6.45) is 3.73. The molecule has 2 atom stereocenters. The van der Waals surface area contributed by atoms with Crippen molar-refractivity contribution in [3.63, 3.8) is 0 Å². The molecule has 5 rings (SSSR count). The molecule has 1 aliphatic heterocycles. The number of likely N-dealkylation sites (tertiary alicyclic amines) is 1. The van der Waals surface area contributed by atoms with Gasteiger partial charge in [0.25, 0.3) is 5.91 Å². The van der Waals surface area contributed by atoms with Crippen molar-refractivity contribution in [1.29, 1.82) is 0 Å². The van der Waals surface area contributed by atoms with E-state index in [1.807, 2.05) is 48.7 Å². The summed E-state index contributed by atoms with van der Waals surface area (Å²) in [5, 5.41) is 14.6. The molecule has 2 fully saturated rings. The third-order valence-electron chi connectivity index (χ3n) is 6.79. The Hall–Kier alpha value is -3.02. The molecular formula is C26H27N3O2. The van der Waals surface area contributed by atoms with Gasteiger partial charge in [-0.05, 0) is 40.5 Å². The molecule has 3 aromatic rings. The number of benzene rings is 2. The van der Waals surface area contributed by atoms with Gasteiger partial charge in [-0.3, -0.25) is 14.7 Å². The van der Waals surface area contributed by atoms with E-state index in [0.29, 0.717) is 35.4 Å². The van der Waals surface area contributed by atoms with Gasteiger partial charge in [0, 0.05) is 38.6 Å². The van der Waals surface area contributed by atoms with Gasteiger partial charge in [-0.1, -0.05) is 66.7 Å². The molecule has 5 nitrogen and oxygen atoms in total. The van der Waals surface area contributed by atoms with E-state index in [2.05, 4.69) is 21.3 Å². The first kappa shape index (κ1) is 19.9. The zero-order chi connectivity index (χ0) is 21.3. The minimum Gasteiger partial charge on any atom is -0.372 e. The first-order chi connectivity index (χ1) is 15.2. The molecule has 31 heavy (non-hydrogen) atoms. The fourth-order valence-electron chi connectivity index (χ4n) is 5.04. The number of aromatic nitrogens is 1. The van der Waals surface area contributed by atoms with Crippen LogP contribution < -0.4 is 5.32 Å². The summed E-state index contributed by atoms with van der Waals surface area (Å²) in [4.78, 5) is 19.9. The molecule has 0 radical (unpaired) electrons. The van der Waals surface area contributed by atoms with E-state index in [9.17, 15) is 9.90 Å². The molecule has 1 amide bonds. The molecular weight excluding hydrogens is 386 g/mol. The van der Waals surface area contributed by atoms with Gasteiger partial charge in [-0.2, -0.15) is 0 Å². The van der Waals surface area contributed by atoms with Crippen LogP contribution in [-0.4, -0.2) is 40.5 Å². The topological polar surface area (TPSA) is 65.5 Å². The second kappa shape index (κ2) is 8.25. The fourth-order valence-corrected chi connectivity index (χ4v) is 5.04. The van der Waals surface area contributed by atoms with Crippen molar-refractivity contribution in [2.75, 3.05) is 19.6 Å². The van der Waals surface area contributed by atoms with Crippen LogP contribution in [0.4, 0.5) is 0 Å². The Kier molecular flexibility index (Phi) is 5.30. The number of fused-ring (bicyclic) bond motifs is 1. The molecule has 2 heterocycles. The van der Waals surface area contributed by atoms with Crippen molar-refractivity contribution in [2.24, 2.45) is 17.8 Å². The number of nitrogens with zero attached hydrogens (tertiary/aromatic N) is 2. The van der Waals surface area contributed by atoms with Gasteiger partial charge in [0.15, 0.2) is 5.60 Å². The van der Waals surface area contributed by atoms with E-state index in [-0.39, 0.29) is 5.91 Å². The third-order valence-corrected chi connectivity index (χ3v) is 6.79. The monoisotopic (exact) mass is 413 g/mol. The van der Waals surface area contributed by atoms with Crippen LogP contribution in [-0.2, 0) is 16.9 Å². The molecule has 0 bridgehead atoms. The number of aliphatic hydroxyl groups is 1. The van der Waals surface area contributed by atoms with E-state index in [4.69, 9.17) is 0 Å². The smallest absolute Gasteiger partial charge is 0.261 e. The van der Waals surface area contributed by atoms with Crippen molar-refractivity contribution in [2.45, 2.75) is 12.1 Å². The number of hydrogen-bond acceptors (Lipinski definition) is 4. The summed E-state index contributed by atoms with van der Waals surface area (Å²) in [6, 6.07) is 22.4. The van der Waals surface area contributed by atoms with Crippen molar-refractivity contribution in [3.05, 3.63) is 102 Å². The predicted molar refractivity (Wildman–Crippen MR) is 119 cm³/mol. The van der Waals surface area contributed by atoms with Crippen molar-refractivity contribution >= 4 is 5.91 Å². The summed E-state index contributed by atoms with van der Waals surface area (Å²) in [5.41, 5.74) is 0.706. The van der Waals surface area contributed by atoms with E-state index in [1.54, 1.807) is 30.5 Å². The molecule has 1 aromatic heterocycles. The van der Waals surface area contributed by atoms with Crippen LogP contribution in [0.5, 0.6) is 0 Å². The Morgan fingerprint density at radius 2 is 1.58 bits per heavy atom. The van der Waals surface area contributed by atoms with E-state index in [0.717, 1.165) is 19.6 Å². The van der Waals surface area contributed by atoms with Crippen LogP contribution >= 0.6 is 0 Å². The Morgan fingerprint density at radius 1 is 0.968 bits per heavy atom. The lowest BCUT2D eigenvalue weighted by Crippen LogP contribution is -2.46. The second-order valence-electron chi connectivity index (χ2n) is 8.70. The average Bonchev–Trinajstić information content (AvgIpc) is 3.29. The number of carbonyl (C=O) groups is 1. The summed E-state index contributed by atoms with van der Waals surface area (Å²) in [5.74, 6) is 1.38. The SMILES string of the molecule is O=C(NCC1C2CN(Cc3cccnc3)CC12)C(O)(c1ccccc1)c1ccccc1. The summed E-state index contributed by atoms with van der Waals surface area (Å²) in [7, 11) is 0. The highest BCUT2D eigenvalue weighted by Gasteiger charge is 2.55. The van der Waals surface area contributed by atoms with Crippen LogP contribution in [0.15, 0.2) is 85.2 Å². The van der Waals surface area contributed by atoms with Gasteiger partial charge < -0.3 is 10.4 Å². The van der Waals surface area contributed by atoms with Crippen LogP contribution in [0.3, 0.4) is 0 Å². The second-order valence-corrected chi connectivity index (χ2v) is 8.70. The highest BCUT2D eigenvalue weighted by Crippen LogP contribution is 2.51. The predicted octanol–water partition coefficient (Wildman–Crippen LogP) is 2.81. The largest absolute Gasteiger partial charge is 0.372 e. The van der Waals surface area contributed by atoms with Crippen LogP contribution in [0, 0.1) is 17.8 Å². The number of carbonyl (C=O) groups excluding carboxylic acids is 1. The molecule has 2 aliphatic rings. The van der Waals surface area contributed by atoms with E-state index in [1.165, 1.54) is 5.56 Å². The van der Waals surface area contributed by atoms with Crippen LogP contribution in [0.1, 0.15) is 16.7 Å². The van der Waals surface area contributed by atoms with Gasteiger partial charge >= 0.3 is 0 Å². The lowest BCUT2D eigenvalue weighted by Gasteiger charge is -2.28. The highest BCUT2D eigenvalue weighted by atomic mass is 16.3. The molecule has 1 saturated carbocycles. The Bertz CT molecular complexity index is 975. The molecule has 0 spiro atoms. The van der Waals surface area contributed by atoms with Crippen LogP contribution in [0.2, 0.25) is 0 Å². The molecule has 158 valence electrons. The first-order valence-corrected chi connectivity index (χ1v) is 10.9. The lowest BCUT2D eigenvalue weighted by atomic mass is 9.85. The summed E-state index contributed by atoms with van der Waals surface area (Å²) >= 11 is 0. The van der Waals surface area contributed by atoms with Crippen LogP contribution in [0.25, 0.3) is 0 Å². The zero-order valence-corrected chi connectivity index (χ0v) is 17.4. The molecule has 1 aliphatic carbocycles. The zero-order valence-electron chi connectivity index (χ0n) is 17.4. The Morgan fingerprint density at radius 3 is 2.13 bits per heavy atom. The quantitative estimate of drug-likeness (QED) is 0.625. The van der Waals surface area contributed by atoms with Gasteiger partial charge in [0.05, 0.1) is 0 Å². The Balaban J connectivity index is 1.21. The maximum atomic E-state index is 13.2. The molecule has 5 heteroatoms. The third kappa shape index (κ3) is 3.87. The van der Waals surface area contributed by atoms with E-state index < -0.39 is 5.60 Å². The van der Waals surface area contributed by atoms with Gasteiger partial charge in [0.1, 0.15) is 0 Å². The summed E-state index contributed by atoms with van der Waals surface area (Å²) in [6.45, 7) is 3.65. The normalized spacial score (nSPS) is 22.7. The van der Waals surface area contributed by atoms with Gasteiger partial charge in [-0.15, -0.1) is 0 Å². The molecule has 2 N–H and O–H groups in total. The minimum absolute atomic E-state index is 0.359. The van der Waals surface area contributed by atoms with Gasteiger partial charge in [0.2, 0.25) is 0 Å². The van der Waals surface area contributed by atoms with Crippen molar-refractivity contribution in [1.82, 2.24) is 15.2 Å². The van der Waals surface area contributed by atoms with Crippen molar-refractivity contribution < 1.29 is 9.90 Å². The number of piperidine rings is 1. The minimum atomic E-state index is -1.70. The van der Waals surface area contributed by atoms with Gasteiger partial charge in [-0.25, -0.2) is 0 Å². The summed E-state index contributed by atoms with van der Waals surface area (Å²) < 4.78 is 0. The molecule has 2 unspecified atom stereocenters. The number of rotatable bonds is 7. The maximum Gasteiger partial charge on any atom is 0.261 e. The number of nitrogens with one attached hydrogen (secondary N) is 1. The first-order valence-electron chi connectivity index (χ1n) is 10.9. The average molecular weight is 414 g/mol. The molecule has 1 saturated heterocycles. The van der Waals surface area contributed by atoms with E-state index >= 15 is 0 Å². The molecule has 2 aromatic carbocycles. The number of pyridine rings is 1. The highest BCUT2D eigenvalue weighted by molar-refractivity contribution is 5.90. The standard InChI is InChI=1S/C26H27N3O2/c30-25(26(31,20-9-3-1-4-10-20)21-11-5-2-6-12-21)28-15-22-23-17-29(18-24(22)23)16-19-8-7-13-27-14-19/h1-14,22-24,31H,15-18H2,(H,28,30). The van der Waals surface area contributed by atoms with Crippen molar-refractivity contribution in [3.8, 4) is 0 Å². The Labute approximate surface area is 182 Å². The maximum absolute atomic E-state index is 13.2. The number of amides is 1.